The van der Waals surface area contributed by atoms with Gasteiger partial charge in [0.05, 0.1) is 0 Å². The van der Waals surface area contributed by atoms with Gasteiger partial charge < -0.3 is 15.2 Å². The number of carbonyl (C=O) groups is 2. The van der Waals surface area contributed by atoms with Crippen molar-refractivity contribution >= 4 is 22.7 Å². The van der Waals surface area contributed by atoms with Gasteiger partial charge in [0.2, 0.25) is 11.8 Å². The van der Waals surface area contributed by atoms with Gasteiger partial charge in [0.25, 0.3) is 0 Å². The second kappa shape index (κ2) is 8.52. The number of aromatic nitrogens is 1. The van der Waals surface area contributed by atoms with Gasteiger partial charge in [0, 0.05) is 49.6 Å². The smallest absolute Gasteiger partial charge is 0.221 e. The molecular formula is C19H27N3O2. The number of hydrogen-bond acceptors (Lipinski definition) is 2. The first-order chi connectivity index (χ1) is 11.5. The third kappa shape index (κ3) is 4.85. The van der Waals surface area contributed by atoms with E-state index in [-0.39, 0.29) is 17.9 Å². The molecule has 0 radical (unpaired) electrons. The van der Waals surface area contributed by atoms with Crippen LogP contribution in [0.5, 0.6) is 0 Å². The molecular weight excluding hydrogens is 302 g/mol. The number of hydrogen-bond donors (Lipinski definition) is 2. The van der Waals surface area contributed by atoms with Crippen LogP contribution in [0, 0.1) is 0 Å². The summed E-state index contributed by atoms with van der Waals surface area (Å²) >= 11 is 0. The van der Waals surface area contributed by atoms with Crippen molar-refractivity contribution in [3.63, 3.8) is 0 Å². The lowest BCUT2D eigenvalue weighted by atomic mass is 10.1. The van der Waals surface area contributed by atoms with E-state index in [1.165, 1.54) is 10.9 Å². The van der Waals surface area contributed by atoms with E-state index in [1.807, 2.05) is 38.2 Å². The highest BCUT2D eigenvalue weighted by Crippen LogP contribution is 2.18. The SMILES string of the molecule is CCC(C)NC(=O)CCN(CCc1c[nH]c2ccccc12)C(C)=O. The molecule has 0 aliphatic heterocycles. The molecule has 24 heavy (non-hydrogen) atoms. The van der Waals surface area contributed by atoms with E-state index in [4.69, 9.17) is 0 Å². The predicted molar refractivity (Wildman–Crippen MR) is 96.8 cm³/mol. The zero-order chi connectivity index (χ0) is 17.5. The van der Waals surface area contributed by atoms with Gasteiger partial charge in [0.1, 0.15) is 0 Å². The maximum Gasteiger partial charge on any atom is 0.221 e. The lowest BCUT2D eigenvalue weighted by Crippen LogP contribution is -2.37. The zero-order valence-electron chi connectivity index (χ0n) is 14.8. The van der Waals surface area contributed by atoms with Gasteiger partial charge in [-0.2, -0.15) is 0 Å². The van der Waals surface area contributed by atoms with Crippen molar-refractivity contribution in [1.29, 1.82) is 0 Å². The van der Waals surface area contributed by atoms with E-state index < -0.39 is 0 Å². The minimum absolute atomic E-state index is 0.00249. The van der Waals surface area contributed by atoms with Gasteiger partial charge >= 0.3 is 0 Å². The van der Waals surface area contributed by atoms with Crippen molar-refractivity contribution in [2.75, 3.05) is 13.1 Å². The number of amides is 2. The predicted octanol–water partition coefficient (Wildman–Crippen LogP) is 2.86. The Morgan fingerprint density at radius 3 is 2.71 bits per heavy atom. The fourth-order valence-electron chi connectivity index (χ4n) is 2.71. The number of benzene rings is 1. The summed E-state index contributed by atoms with van der Waals surface area (Å²) in [4.78, 5) is 28.7. The molecule has 2 aromatic rings. The van der Waals surface area contributed by atoms with E-state index in [9.17, 15) is 9.59 Å². The van der Waals surface area contributed by atoms with Crippen molar-refractivity contribution in [2.45, 2.75) is 46.1 Å². The van der Waals surface area contributed by atoms with Crippen LogP contribution in [0.25, 0.3) is 10.9 Å². The highest BCUT2D eigenvalue weighted by atomic mass is 16.2. The van der Waals surface area contributed by atoms with Crippen molar-refractivity contribution in [2.24, 2.45) is 0 Å². The molecule has 1 aromatic carbocycles. The van der Waals surface area contributed by atoms with E-state index in [1.54, 1.807) is 11.8 Å². The number of nitrogens with one attached hydrogen (secondary N) is 2. The topological polar surface area (TPSA) is 65.2 Å². The Bertz CT molecular complexity index is 693. The maximum absolute atomic E-state index is 11.9. The van der Waals surface area contributed by atoms with E-state index in [0.717, 1.165) is 18.4 Å². The number of aromatic amines is 1. The van der Waals surface area contributed by atoms with Crippen LogP contribution in [-0.4, -0.2) is 40.8 Å². The molecule has 0 aliphatic rings. The van der Waals surface area contributed by atoms with Crippen molar-refractivity contribution < 1.29 is 9.59 Å². The number of para-hydroxylation sites is 1. The summed E-state index contributed by atoms with van der Waals surface area (Å²) in [5.74, 6) is 0.00822. The lowest BCUT2D eigenvalue weighted by Gasteiger charge is -2.21. The zero-order valence-corrected chi connectivity index (χ0v) is 14.8. The van der Waals surface area contributed by atoms with Crippen LogP contribution >= 0.6 is 0 Å². The Morgan fingerprint density at radius 2 is 2.00 bits per heavy atom. The summed E-state index contributed by atoms with van der Waals surface area (Å²) in [6.45, 7) is 6.65. The number of fused-ring (bicyclic) bond motifs is 1. The van der Waals surface area contributed by atoms with Crippen LogP contribution in [0.2, 0.25) is 0 Å². The third-order valence-electron chi connectivity index (χ3n) is 4.40. The average Bonchev–Trinajstić information content (AvgIpc) is 2.97. The molecule has 2 rings (SSSR count). The Morgan fingerprint density at radius 1 is 1.25 bits per heavy atom. The van der Waals surface area contributed by atoms with Crippen molar-refractivity contribution in [3.05, 3.63) is 36.0 Å². The Balaban J connectivity index is 1.89. The molecule has 1 atom stereocenters. The van der Waals surface area contributed by atoms with Crippen LogP contribution < -0.4 is 5.32 Å². The Kier molecular flexibility index (Phi) is 6.41. The fraction of sp³-hybridized carbons (Fsp3) is 0.474. The van der Waals surface area contributed by atoms with Gasteiger partial charge in [-0.05, 0) is 31.4 Å². The van der Waals surface area contributed by atoms with E-state index in [0.29, 0.717) is 19.5 Å². The number of carbonyl (C=O) groups excluding carboxylic acids is 2. The second-order valence-corrected chi connectivity index (χ2v) is 6.24. The lowest BCUT2D eigenvalue weighted by molar-refractivity contribution is -0.129. The molecule has 1 aromatic heterocycles. The molecule has 0 bridgehead atoms. The summed E-state index contributed by atoms with van der Waals surface area (Å²) < 4.78 is 0. The first-order valence-corrected chi connectivity index (χ1v) is 8.61. The Hall–Kier alpha value is -2.30. The maximum atomic E-state index is 11.9. The second-order valence-electron chi connectivity index (χ2n) is 6.24. The van der Waals surface area contributed by atoms with Crippen LogP contribution in [0.1, 0.15) is 39.2 Å². The molecule has 0 saturated heterocycles. The molecule has 5 nitrogen and oxygen atoms in total. The summed E-state index contributed by atoms with van der Waals surface area (Å²) in [5.41, 5.74) is 2.30. The molecule has 0 aliphatic carbocycles. The molecule has 2 N–H and O–H groups in total. The molecule has 1 unspecified atom stereocenters. The molecule has 2 amide bonds. The number of nitrogens with zero attached hydrogens (tertiary/aromatic N) is 1. The molecule has 130 valence electrons. The monoisotopic (exact) mass is 329 g/mol. The van der Waals surface area contributed by atoms with Crippen molar-refractivity contribution in [3.8, 4) is 0 Å². The van der Waals surface area contributed by atoms with E-state index >= 15 is 0 Å². The van der Waals surface area contributed by atoms with Crippen LogP contribution in [0.15, 0.2) is 30.5 Å². The summed E-state index contributed by atoms with van der Waals surface area (Å²) in [5, 5.41) is 4.13. The number of H-pyrrole nitrogens is 1. The normalized spacial score (nSPS) is 12.1. The van der Waals surface area contributed by atoms with Gasteiger partial charge in [-0.1, -0.05) is 25.1 Å². The van der Waals surface area contributed by atoms with Crippen molar-refractivity contribution in [1.82, 2.24) is 15.2 Å². The highest BCUT2D eigenvalue weighted by molar-refractivity contribution is 5.83. The third-order valence-corrected chi connectivity index (χ3v) is 4.40. The quantitative estimate of drug-likeness (QED) is 0.782. The summed E-state index contributed by atoms with van der Waals surface area (Å²) in [7, 11) is 0. The molecule has 5 heteroatoms. The highest BCUT2D eigenvalue weighted by Gasteiger charge is 2.13. The first kappa shape index (κ1) is 18.0. The minimum Gasteiger partial charge on any atom is -0.361 e. The largest absolute Gasteiger partial charge is 0.361 e. The summed E-state index contributed by atoms with van der Waals surface area (Å²) in [6, 6.07) is 8.32. The number of rotatable bonds is 8. The van der Waals surface area contributed by atoms with Crippen LogP contribution in [-0.2, 0) is 16.0 Å². The molecule has 1 heterocycles. The Labute approximate surface area is 143 Å². The van der Waals surface area contributed by atoms with Gasteiger partial charge in [-0.15, -0.1) is 0 Å². The van der Waals surface area contributed by atoms with Gasteiger partial charge in [-0.25, -0.2) is 0 Å². The average molecular weight is 329 g/mol. The molecule has 0 spiro atoms. The van der Waals surface area contributed by atoms with Crippen LogP contribution in [0.3, 0.4) is 0 Å². The van der Waals surface area contributed by atoms with Crippen LogP contribution in [0.4, 0.5) is 0 Å². The fourth-order valence-corrected chi connectivity index (χ4v) is 2.71. The summed E-state index contributed by atoms with van der Waals surface area (Å²) in [6.07, 6.45) is 4.02. The van der Waals surface area contributed by atoms with Gasteiger partial charge in [0.15, 0.2) is 0 Å². The molecule has 0 saturated carbocycles. The first-order valence-electron chi connectivity index (χ1n) is 8.61. The molecule has 0 fully saturated rings. The minimum atomic E-state index is 0.00249. The standard InChI is InChI=1S/C19H27N3O2/c1-4-14(2)21-19(24)10-12-22(15(3)23)11-9-16-13-20-18-8-6-5-7-17(16)18/h5-8,13-14,20H,4,9-12H2,1-3H3,(H,21,24). The van der Waals surface area contributed by atoms with E-state index in [2.05, 4.69) is 16.4 Å². The van der Waals surface area contributed by atoms with Gasteiger partial charge in [-0.3, -0.25) is 9.59 Å².